The van der Waals surface area contributed by atoms with Gasteiger partial charge in [0.05, 0.1) is 5.52 Å². The molecule has 2 aromatic rings. The zero-order chi connectivity index (χ0) is 16.4. The number of fused-ring (bicyclic) bond motifs is 1. The van der Waals surface area contributed by atoms with Crippen molar-refractivity contribution in [2.24, 2.45) is 16.6 Å². The Hall–Kier alpha value is -2.43. The number of amides is 2. The molecule has 1 aliphatic heterocycles. The predicted molar refractivity (Wildman–Crippen MR) is 92.9 cm³/mol. The van der Waals surface area contributed by atoms with Crippen LogP contribution in [-0.4, -0.2) is 42.3 Å². The first kappa shape index (κ1) is 15.5. The standard InChI is InChI=1S/C18H22N4O/c1-12-8-14(11-22(10-12)18(19)23)15-6-5-13(9-20-2)17-16(15)4-3-7-21-17/h3-7,9,12,14H,8,10-11H2,1-2H3,(H2,19,23)/t12-,14+/m1/s1. The lowest BCUT2D eigenvalue weighted by Gasteiger charge is -2.36. The quantitative estimate of drug-likeness (QED) is 0.866. The van der Waals surface area contributed by atoms with Crippen molar-refractivity contribution in [3.8, 4) is 0 Å². The number of benzene rings is 1. The zero-order valence-electron chi connectivity index (χ0n) is 13.6. The molecule has 2 N–H and O–H groups in total. The minimum atomic E-state index is -0.335. The van der Waals surface area contributed by atoms with Crippen LogP contribution < -0.4 is 5.73 Å². The lowest BCUT2D eigenvalue weighted by molar-refractivity contribution is 0.168. The molecule has 0 aliphatic carbocycles. The van der Waals surface area contributed by atoms with Gasteiger partial charge in [0, 0.05) is 49.4 Å². The number of carbonyl (C=O) groups is 1. The first-order chi connectivity index (χ1) is 11.1. The second-order valence-corrected chi connectivity index (χ2v) is 6.31. The fraction of sp³-hybridized carbons (Fsp3) is 0.389. The molecule has 0 radical (unpaired) electrons. The molecule has 2 amide bonds. The molecule has 23 heavy (non-hydrogen) atoms. The molecule has 0 unspecified atom stereocenters. The molecule has 1 aliphatic rings. The zero-order valence-corrected chi connectivity index (χ0v) is 13.6. The number of nitrogens with zero attached hydrogens (tertiary/aromatic N) is 3. The van der Waals surface area contributed by atoms with E-state index < -0.39 is 0 Å². The number of urea groups is 1. The van der Waals surface area contributed by atoms with E-state index in [-0.39, 0.29) is 11.9 Å². The highest BCUT2D eigenvalue weighted by Crippen LogP contribution is 2.34. The molecule has 1 saturated heterocycles. The summed E-state index contributed by atoms with van der Waals surface area (Å²) >= 11 is 0. The Bertz CT molecular complexity index is 756. The van der Waals surface area contributed by atoms with Gasteiger partial charge in [-0.1, -0.05) is 25.1 Å². The van der Waals surface area contributed by atoms with E-state index in [2.05, 4.69) is 35.1 Å². The van der Waals surface area contributed by atoms with Gasteiger partial charge in [0.1, 0.15) is 0 Å². The number of hydrogen-bond acceptors (Lipinski definition) is 3. The van der Waals surface area contributed by atoms with Crippen LogP contribution in [-0.2, 0) is 0 Å². The molecule has 1 fully saturated rings. The summed E-state index contributed by atoms with van der Waals surface area (Å²) in [4.78, 5) is 22.0. The van der Waals surface area contributed by atoms with Crippen molar-refractivity contribution in [1.82, 2.24) is 9.88 Å². The summed E-state index contributed by atoms with van der Waals surface area (Å²) in [7, 11) is 1.76. The number of aromatic nitrogens is 1. The predicted octanol–water partition coefficient (Wildman–Crippen LogP) is 2.79. The van der Waals surface area contributed by atoms with E-state index in [0.29, 0.717) is 12.5 Å². The Labute approximate surface area is 136 Å². The molecule has 2 heterocycles. The molecular formula is C18H22N4O. The average Bonchev–Trinajstić information content (AvgIpc) is 2.54. The largest absolute Gasteiger partial charge is 0.351 e. The van der Waals surface area contributed by atoms with Gasteiger partial charge in [-0.3, -0.25) is 9.98 Å². The molecule has 0 spiro atoms. The molecule has 1 aromatic carbocycles. The minimum Gasteiger partial charge on any atom is -0.351 e. The average molecular weight is 310 g/mol. The number of hydrogen-bond donors (Lipinski definition) is 1. The molecule has 5 heteroatoms. The third-order valence-corrected chi connectivity index (χ3v) is 4.51. The molecular weight excluding hydrogens is 288 g/mol. The van der Waals surface area contributed by atoms with Crippen molar-refractivity contribution in [3.05, 3.63) is 41.6 Å². The molecule has 120 valence electrons. The molecule has 2 atom stereocenters. The van der Waals surface area contributed by atoms with Crippen molar-refractivity contribution in [2.75, 3.05) is 20.1 Å². The highest BCUT2D eigenvalue weighted by molar-refractivity contribution is 5.99. The van der Waals surface area contributed by atoms with Gasteiger partial charge in [-0.05, 0) is 24.0 Å². The highest BCUT2D eigenvalue weighted by Gasteiger charge is 2.28. The maximum absolute atomic E-state index is 11.6. The molecule has 0 saturated carbocycles. The van der Waals surface area contributed by atoms with E-state index in [1.54, 1.807) is 18.1 Å². The summed E-state index contributed by atoms with van der Waals surface area (Å²) < 4.78 is 0. The van der Waals surface area contributed by atoms with Crippen LogP contribution in [0.4, 0.5) is 4.79 Å². The van der Waals surface area contributed by atoms with Crippen LogP contribution in [0, 0.1) is 5.92 Å². The van der Waals surface area contributed by atoms with E-state index in [4.69, 9.17) is 5.73 Å². The van der Waals surface area contributed by atoms with Crippen LogP contribution in [0.5, 0.6) is 0 Å². The van der Waals surface area contributed by atoms with Gasteiger partial charge >= 0.3 is 6.03 Å². The summed E-state index contributed by atoms with van der Waals surface area (Å²) in [6.07, 6.45) is 4.69. The normalized spacial score (nSPS) is 21.9. The fourth-order valence-corrected chi connectivity index (χ4v) is 3.57. The monoisotopic (exact) mass is 310 g/mol. The number of primary amides is 1. The lowest BCUT2D eigenvalue weighted by atomic mass is 9.83. The Morgan fingerprint density at radius 1 is 1.39 bits per heavy atom. The van der Waals surface area contributed by atoms with Gasteiger partial charge in [-0.25, -0.2) is 4.79 Å². The molecule has 3 rings (SSSR count). The second kappa shape index (κ2) is 6.36. The van der Waals surface area contributed by atoms with Crippen LogP contribution in [0.15, 0.2) is 35.5 Å². The van der Waals surface area contributed by atoms with E-state index in [9.17, 15) is 4.79 Å². The van der Waals surface area contributed by atoms with Gasteiger partial charge in [0.25, 0.3) is 0 Å². The molecule has 5 nitrogen and oxygen atoms in total. The summed E-state index contributed by atoms with van der Waals surface area (Å²) in [5, 5.41) is 1.13. The van der Waals surface area contributed by atoms with Crippen molar-refractivity contribution < 1.29 is 4.79 Å². The Balaban J connectivity index is 2.06. The van der Waals surface area contributed by atoms with E-state index in [1.165, 1.54) is 5.56 Å². The van der Waals surface area contributed by atoms with Crippen LogP contribution in [0.3, 0.4) is 0 Å². The number of nitrogens with two attached hydrogens (primary N) is 1. The molecule has 1 aromatic heterocycles. The second-order valence-electron chi connectivity index (χ2n) is 6.31. The van der Waals surface area contributed by atoms with Crippen LogP contribution in [0.2, 0.25) is 0 Å². The Kier molecular flexibility index (Phi) is 4.28. The fourth-order valence-electron chi connectivity index (χ4n) is 3.57. The Morgan fingerprint density at radius 2 is 2.22 bits per heavy atom. The summed E-state index contributed by atoms with van der Waals surface area (Å²) in [5.74, 6) is 0.718. The van der Waals surface area contributed by atoms with Crippen molar-refractivity contribution in [3.63, 3.8) is 0 Å². The van der Waals surface area contributed by atoms with Crippen LogP contribution >= 0.6 is 0 Å². The number of carbonyl (C=O) groups excluding carboxylic acids is 1. The third-order valence-electron chi connectivity index (χ3n) is 4.51. The number of piperidine rings is 1. The van der Waals surface area contributed by atoms with E-state index >= 15 is 0 Å². The van der Waals surface area contributed by atoms with Gasteiger partial charge < -0.3 is 10.6 Å². The topological polar surface area (TPSA) is 71.6 Å². The van der Waals surface area contributed by atoms with Gasteiger partial charge in [-0.15, -0.1) is 0 Å². The Morgan fingerprint density at radius 3 is 2.96 bits per heavy atom. The van der Waals surface area contributed by atoms with Crippen LogP contribution in [0.1, 0.15) is 30.4 Å². The maximum Gasteiger partial charge on any atom is 0.314 e. The highest BCUT2D eigenvalue weighted by atomic mass is 16.2. The number of likely N-dealkylation sites (tertiary alicyclic amines) is 1. The number of rotatable bonds is 2. The van der Waals surface area contributed by atoms with Crippen molar-refractivity contribution in [1.29, 1.82) is 0 Å². The van der Waals surface area contributed by atoms with Crippen molar-refractivity contribution in [2.45, 2.75) is 19.3 Å². The minimum absolute atomic E-state index is 0.283. The SMILES string of the molecule is CN=Cc1ccc([C@H]2C[C@@H](C)CN(C(N)=O)C2)c2cccnc12. The number of pyridine rings is 1. The summed E-state index contributed by atoms with van der Waals surface area (Å²) in [5.41, 5.74) is 8.71. The summed E-state index contributed by atoms with van der Waals surface area (Å²) in [6.45, 7) is 3.58. The first-order valence-corrected chi connectivity index (χ1v) is 7.94. The number of aliphatic imine (C=N–C) groups is 1. The smallest absolute Gasteiger partial charge is 0.314 e. The summed E-state index contributed by atoms with van der Waals surface area (Å²) in [6, 6.07) is 7.92. The first-order valence-electron chi connectivity index (χ1n) is 7.94. The molecule has 0 bridgehead atoms. The van der Waals surface area contributed by atoms with Crippen molar-refractivity contribution >= 4 is 23.1 Å². The van der Waals surface area contributed by atoms with Gasteiger partial charge in [-0.2, -0.15) is 0 Å². The van der Waals surface area contributed by atoms with E-state index in [1.807, 2.05) is 12.3 Å². The maximum atomic E-state index is 11.6. The third kappa shape index (κ3) is 3.04. The lowest BCUT2D eigenvalue weighted by Crippen LogP contribution is -2.45. The van der Waals surface area contributed by atoms with E-state index in [0.717, 1.165) is 29.4 Å². The van der Waals surface area contributed by atoms with Crippen LogP contribution in [0.25, 0.3) is 10.9 Å². The van der Waals surface area contributed by atoms with Gasteiger partial charge in [0.15, 0.2) is 0 Å². The van der Waals surface area contributed by atoms with Gasteiger partial charge in [0.2, 0.25) is 0 Å².